The fourth-order valence-corrected chi connectivity index (χ4v) is 0.836. The topological polar surface area (TPSA) is 158 Å². The summed E-state index contributed by atoms with van der Waals surface area (Å²) < 4.78 is 3.54. The number of aliphatic hydroxyl groups is 1. The van der Waals surface area contributed by atoms with Crippen molar-refractivity contribution in [3.05, 3.63) is 0 Å². The van der Waals surface area contributed by atoms with Gasteiger partial charge in [-0.1, -0.05) is 0 Å². The number of hydrogen-bond acceptors (Lipinski definition) is 6. The summed E-state index contributed by atoms with van der Waals surface area (Å²) in [6, 6.07) is 0. The number of carbonyl (C=O) groups is 4. The van der Waals surface area contributed by atoms with Crippen LogP contribution < -0.4 is 0 Å². The van der Waals surface area contributed by atoms with Crippen LogP contribution in [-0.4, -0.2) is 126 Å². The number of carbonyl (C=O) groups excluding carboxylic acids is 1. The number of rotatable bonds is 5. The summed E-state index contributed by atoms with van der Waals surface area (Å²) in [7, 11) is 0. The summed E-state index contributed by atoms with van der Waals surface area (Å²) in [6.45, 7) is 0. The summed E-state index contributed by atoms with van der Waals surface area (Å²) in [5, 5.41) is 34.1. The van der Waals surface area contributed by atoms with E-state index in [0.29, 0.717) is 0 Å². The normalized spacial score (nSPS) is 12.1. The molecule has 0 aromatic rings. The van der Waals surface area contributed by atoms with E-state index in [0.717, 1.165) is 0 Å². The van der Waals surface area contributed by atoms with Gasteiger partial charge in [0, 0.05) is 0 Å². The maximum atomic E-state index is 10.7. The number of ether oxygens (including phenoxy) is 1. The van der Waals surface area contributed by atoms with Gasteiger partial charge in [-0.25, -0.2) is 9.59 Å². The van der Waals surface area contributed by atoms with Crippen molar-refractivity contribution in [1.82, 2.24) is 0 Å². The summed E-state index contributed by atoms with van der Waals surface area (Å²) in [5.41, 5.74) is -2.89. The third kappa shape index (κ3) is 9.31. The molecule has 1 unspecified atom stereocenters. The Morgan fingerprint density at radius 2 is 1.39 bits per heavy atom. The average Bonchev–Trinajstić information content (AvgIpc) is 1.98. The first-order valence-electron chi connectivity index (χ1n) is 3.78. The molecule has 0 amide bonds. The zero-order valence-electron chi connectivity index (χ0n) is 7.74. The van der Waals surface area contributed by atoms with E-state index in [-0.39, 0.29) is 75.5 Å². The Morgan fingerprint density at radius 3 is 1.67 bits per heavy atom. The minimum absolute atomic E-state index is 0. The molecule has 9 nitrogen and oxygen atoms in total. The van der Waals surface area contributed by atoms with Crippen LogP contribution in [0, 0.1) is 0 Å². The van der Waals surface area contributed by atoms with Gasteiger partial charge in [0.15, 0.2) is 5.60 Å². The second-order valence-corrected chi connectivity index (χ2v) is 2.82. The van der Waals surface area contributed by atoms with E-state index in [1.165, 1.54) is 0 Å². The van der Waals surface area contributed by atoms with Gasteiger partial charge in [0.1, 0.15) is 0 Å². The molecular formula is C7H12Ca2O9. The molecule has 98 valence electrons. The van der Waals surface area contributed by atoms with Crippen molar-refractivity contribution in [3.63, 3.8) is 0 Å². The first-order chi connectivity index (χ1) is 7.17. The fourth-order valence-electron chi connectivity index (χ4n) is 0.836. The van der Waals surface area contributed by atoms with Crippen molar-refractivity contribution in [3.8, 4) is 0 Å². The second-order valence-electron chi connectivity index (χ2n) is 2.82. The zero-order chi connectivity index (χ0) is 12.9. The molecule has 0 aliphatic carbocycles. The van der Waals surface area contributed by atoms with Crippen LogP contribution in [0.25, 0.3) is 0 Å². The molecule has 0 aromatic carbocycles. The molecule has 0 fully saturated rings. The van der Waals surface area contributed by atoms with Crippen molar-refractivity contribution in [2.24, 2.45) is 0 Å². The molecule has 0 aromatic heterocycles. The molecule has 0 bridgehead atoms. The van der Waals surface area contributed by atoms with Gasteiger partial charge in [-0.05, 0) is 0 Å². The SMILES string of the molecule is O=C(O)CC(O)(CC(=O)OC(=O)O)C(=O)O.[CaH2].[CaH2]. The van der Waals surface area contributed by atoms with Crippen LogP contribution in [0.3, 0.4) is 0 Å². The molecule has 0 spiro atoms. The number of esters is 1. The van der Waals surface area contributed by atoms with Crippen molar-refractivity contribution in [2.75, 3.05) is 0 Å². The monoisotopic (exact) mass is 320 g/mol. The van der Waals surface area contributed by atoms with Gasteiger partial charge in [0.05, 0.1) is 12.8 Å². The average molecular weight is 320 g/mol. The molecule has 4 N–H and O–H groups in total. The van der Waals surface area contributed by atoms with E-state index in [1.54, 1.807) is 0 Å². The number of aliphatic carboxylic acids is 2. The van der Waals surface area contributed by atoms with Crippen LogP contribution >= 0.6 is 0 Å². The molecular weight excluding hydrogens is 308 g/mol. The Kier molecular flexibility index (Phi) is 13.3. The third-order valence-electron chi connectivity index (χ3n) is 1.48. The van der Waals surface area contributed by atoms with Gasteiger partial charge in [0.2, 0.25) is 0 Å². The van der Waals surface area contributed by atoms with Crippen LogP contribution in [0.4, 0.5) is 4.79 Å². The van der Waals surface area contributed by atoms with Crippen LogP contribution in [-0.2, 0) is 19.1 Å². The Hall–Kier alpha value is 0.359. The Balaban J connectivity index is -0.00000112. The van der Waals surface area contributed by atoms with Crippen molar-refractivity contribution < 1.29 is 44.3 Å². The van der Waals surface area contributed by atoms with E-state index < -0.39 is 42.5 Å². The Morgan fingerprint density at radius 1 is 0.944 bits per heavy atom. The Labute approximate surface area is 160 Å². The second kappa shape index (κ2) is 10.2. The first-order valence-corrected chi connectivity index (χ1v) is 3.78. The molecule has 18 heavy (non-hydrogen) atoms. The van der Waals surface area contributed by atoms with Crippen LogP contribution in [0.2, 0.25) is 0 Å². The molecule has 0 rings (SSSR count). The van der Waals surface area contributed by atoms with Gasteiger partial charge in [-0.3, -0.25) is 9.59 Å². The molecule has 11 heteroatoms. The molecule has 0 aliphatic heterocycles. The molecule has 0 aliphatic rings. The van der Waals surface area contributed by atoms with E-state index in [1.807, 2.05) is 0 Å². The predicted molar refractivity (Wildman–Crippen MR) is 60.7 cm³/mol. The van der Waals surface area contributed by atoms with E-state index in [2.05, 4.69) is 4.74 Å². The third-order valence-corrected chi connectivity index (χ3v) is 1.48. The summed E-state index contributed by atoms with van der Waals surface area (Å²) in [5.74, 6) is -5.18. The van der Waals surface area contributed by atoms with Gasteiger partial charge in [-0.2, -0.15) is 0 Å². The number of carboxylic acids is 2. The maximum absolute atomic E-state index is 10.7. The predicted octanol–water partition coefficient (Wildman–Crippen LogP) is -2.94. The van der Waals surface area contributed by atoms with E-state index >= 15 is 0 Å². The molecule has 0 saturated carbocycles. The number of hydrogen-bond donors (Lipinski definition) is 4. The van der Waals surface area contributed by atoms with Gasteiger partial charge in [-0.15, -0.1) is 0 Å². The zero-order valence-corrected chi connectivity index (χ0v) is 7.74. The van der Waals surface area contributed by atoms with Gasteiger partial charge in [0.25, 0.3) is 0 Å². The molecule has 1 atom stereocenters. The van der Waals surface area contributed by atoms with Crippen LogP contribution in [0.5, 0.6) is 0 Å². The van der Waals surface area contributed by atoms with Crippen molar-refractivity contribution in [1.29, 1.82) is 0 Å². The molecule has 0 radical (unpaired) electrons. The summed E-state index contributed by atoms with van der Waals surface area (Å²) in [6.07, 6.45) is -4.51. The summed E-state index contributed by atoms with van der Waals surface area (Å²) >= 11 is 0. The van der Waals surface area contributed by atoms with Gasteiger partial charge < -0.3 is 25.2 Å². The standard InChI is InChI=1S/C7H8O9.2Ca.4H/c8-3(9)1-7(15,5(11)12)2-4(10)16-6(13)14;;;;;;/h15H,1-2H2,(H,8,9)(H,11,12)(H,13,14);;;;;;. The van der Waals surface area contributed by atoms with Crippen LogP contribution in [0.15, 0.2) is 0 Å². The van der Waals surface area contributed by atoms with E-state index in [4.69, 9.17) is 15.3 Å². The Bertz CT molecular complexity index is 342. The van der Waals surface area contributed by atoms with E-state index in [9.17, 15) is 24.3 Å². The molecule has 0 saturated heterocycles. The first kappa shape index (κ1) is 23.5. The summed E-state index contributed by atoms with van der Waals surface area (Å²) in [4.78, 5) is 41.4. The van der Waals surface area contributed by atoms with Crippen LogP contribution in [0.1, 0.15) is 12.8 Å². The quantitative estimate of drug-likeness (QED) is 0.236. The molecule has 0 heterocycles. The van der Waals surface area contributed by atoms with Crippen molar-refractivity contribution in [2.45, 2.75) is 18.4 Å². The van der Waals surface area contributed by atoms with Gasteiger partial charge >= 0.3 is 99.5 Å². The number of carboxylic acid groups (broad SMARTS) is 3. The van der Waals surface area contributed by atoms with Crippen molar-refractivity contribution >= 4 is 99.5 Å². The fraction of sp³-hybridized carbons (Fsp3) is 0.429. The minimum atomic E-state index is -2.89.